The van der Waals surface area contributed by atoms with Gasteiger partial charge in [0.1, 0.15) is 4.60 Å². The monoisotopic (exact) mass is 356 g/mol. The average molecular weight is 358 g/mol. The van der Waals surface area contributed by atoms with Gasteiger partial charge in [-0.05, 0) is 40.5 Å². The fourth-order valence-electron chi connectivity index (χ4n) is 1.77. The molecule has 6 heteroatoms. The molecule has 4 nitrogen and oxygen atoms in total. The minimum atomic E-state index is 0.0891. The standard InChI is InChI=1S/C14H14BrClN2O2/c1-8-3-11(7-18-14(8)15)17-6-9-4-10(16)5-12(20-2)13(9)19/h3-5,7,17,19H,6H2,1-2H3. The predicted molar refractivity (Wildman–Crippen MR) is 83.7 cm³/mol. The molecule has 0 amide bonds. The molecule has 1 aromatic carbocycles. The van der Waals surface area contributed by atoms with Crippen molar-refractivity contribution in [2.24, 2.45) is 0 Å². The largest absolute Gasteiger partial charge is 0.504 e. The highest BCUT2D eigenvalue weighted by Gasteiger charge is 2.10. The fourth-order valence-corrected chi connectivity index (χ4v) is 2.22. The van der Waals surface area contributed by atoms with Gasteiger partial charge >= 0.3 is 0 Å². The lowest BCUT2D eigenvalue weighted by atomic mass is 10.1. The zero-order valence-electron chi connectivity index (χ0n) is 11.1. The molecule has 2 N–H and O–H groups in total. The van der Waals surface area contributed by atoms with E-state index in [2.05, 4.69) is 26.2 Å². The number of halogens is 2. The molecule has 0 fully saturated rings. The van der Waals surface area contributed by atoms with E-state index in [1.165, 1.54) is 7.11 Å². The van der Waals surface area contributed by atoms with Gasteiger partial charge in [-0.2, -0.15) is 0 Å². The van der Waals surface area contributed by atoms with E-state index in [1.807, 2.05) is 13.0 Å². The van der Waals surface area contributed by atoms with E-state index >= 15 is 0 Å². The Bertz CT molecular complexity index is 635. The van der Waals surface area contributed by atoms with Gasteiger partial charge in [-0.15, -0.1) is 0 Å². The van der Waals surface area contributed by atoms with E-state index in [0.29, 0.717) is 22.9 Å². The number of phenolic OH excluding ortho intramolecular Hbond substituents is 1. The van der Waals surface area contributed by atoms with Crippen LogP contribution < -0.4 is 10.1 Å². The van der Waals surface area contributed by atoms with Gasteiger partial charge in [0, 0.05) is 23.2 Å². The number of hydrogen-bond donors (Lipinski definition) is 2. The van der Waals surface area contributed by atoms with Crippen LogP contribution in [0.5, 0.6) is 11.5 Å². The molecule has 0 radical (unpaired) electrons. The van der Waals surface area contributed by atoms with Crippen LogP contribution in [0.1, 0.15) is 11.1 Å². The van der Waals surface area contributed by atoms with Crippen LogP contribution in [0.2, 0.25) is 5.02 Å². The van der Waals surface area contributed by atoms with E-state index in [0.717, 1.165) is 15.9 Å². The SMILES string of the molecule is COc1cc(Cl)cc(CNc2cnc(Br)c(C)c2)c1O. The Morgan fingerprint density at radius 1 is 1.40 bits per heavy atom. The minimum Gasteiger partial charge on any atom is -0.504 e. The molecule has 2 aromatic rings. The van der Waals surface area contributed by atoms with Crippen LogP contribution in [0.15, 0.2) is 29.0 Å². The molecule has 20 heavy (non-hydrogen) atoms. The number of ether oxygens (including phenoxy) is 1. The molecule has 0 bridgehead atoms. The van der Waals surface area contributed by atoms with E-state index in [1.54, 1.807) is 18.3 Å². The Kier molecular flexibility index (Phi) is 4.73. The van der Waals surface area contributed by atoms with Crippen LogP contribution in [0.3, 0.4) is 0 Å². The molecule has 2 rings (SSSR count). The van der Waals surface area contributed by atoms with Crippen molar-refractivity contribution in [3.05, 3.63) is 45.1 Å². The Balaban J connectivity index is 2.18. The number of phenols is 1. The molecule has 0 saturated carbocycles. The third-order valence-corrected chi connectivity index (χ3v) is 3.88. The highest BCUT2D eigenvalue weighted by Crippen LogP contribution is 2.33. The summed E-state index contributed by atoms with van der Waals surface area (Å²) in [6.07, 6.45) is 1.72. The van der Waals surface area contributed by atoms with E-state index < -0.39 is 0 Å². The second-order valence-electron chi connectivity index (χ2n) is 4.30. The van der Waals surface area contributed by atoms with E-state index in [-0.39, 0.29) is 5.75 Å². The molecule has 0 atom stereocenters. The molecule has 0 spiro atoms. The highest BCUT2D eigenvalue weighted by atomic mass is 79.9. The van der Waals surface area contributed by atoms with Crippen molar-refractivity contribution in [2.45, 2.75) is 13.5 Å². The molecule has 0 saturated heterocycles. The van der Waals surface area contributed by atoms with E-state index in [9.17, 15) is 5.11 Å². The molecular weight excluding hydrogens is 344 g/mol. The number of rotatable bonds is 4. The minimum absolute atomic E-state index is 0.0891. The third kappa shape index (κ3) is 3.35. The van der Waals surface area contributed by atoms with Gasteiger partial charge in [0.2, 0.25) is 0 Å². The van der Waals surface area contributed by atoms with Crippen molar-refractivity contribution < 1.29 is 9.84 Å². The quantitative estimate of drug-likeness (QED) is 0.808. The maximum absolute atomic E-state index is 10.0. The molecule has 1 heterocycles. The first-order chi connectivity index (χ1) is 9.51. The van der Waals surface area contributed by atoms with E-state index in [4.69, 9.17) is 16.3 Å². The smallest absolute Gasteiger partial charge is 0.162 e. The first kappa shape index (κ1) is 14.9. The van der Waals surface area contributed by atoms with Gasteiger partial charge in [0.15, 0.2) is 11.5 Å². The summed E-state index contributed by atoms with van der Waals surface area (Å²) in [6.45, 7) is 2.38. The summed E-state index contributed by atoms with van der Waals surface area (Å²) in [5.74, 6) is 0.450. The number of aryl methyl sites for hydroxylation is 1. The van der Waals surface area contributed by atoms with Crippen molar-refractivity contribution in [3.63, 3.8) is 0 Å². The Hall–Kier alpha value is -1.46. The van der Waals surface area contributed by atoms with Gasteiger partial charge < -0.3 is 15.2 Å². The van der Waals surface area contributed by atoms with Crippen molar-refractivity contribution in [2.75, 3.05) is 12.4 Å². The van der Waals surface area contributed by atoms with Gasteiger partial charge in [-0.25, -0.2) is 4.98 Å². The van der Waals surface area contributed by atoms with Gasteiger partial charge in [0.25, 0.3) is 0 Å². The molecule has 0 aliphatic rings. The number of pyridine rings is 1. The van der Waals surface area contributed by atoms with Gasteiger partial charge in [-0.1, -0.05) is 11.6 Å². The number of aromatic nitrogens is 1. The summed E-state index contributed by atoms with van der Waals surface area (Å²) in [6, 6.07) is 5.24. The second kappa shape index (κ2) is 6.33. The highest BCUT2D eigenvalue weighted by molar-refractivity contribution is 9.10. The number of nitrogens with one attached hydrogen (secondary N) is 1. The Morgan fingerprint density at radius 2 is 2.15 bits per heavy atom. The lowest BCUT2D eigenvalue weighted by Crippen LogP contribution is -2.01. The first-order valence-corrected chi connectivity index (χ1v) is 7.09. The van der Waals surface area contributed by atoms with Crippen molar-refractivity contribution >= 4 is 33.2 Å². The number of methoxy groups -OCH3 is 1. The van der Waals surface area contributed by atoms with Crippen LogP contribution in [0.4, 0.5) is 5.69 Å². The van der Waals surface area contributed by atoms with Crippen LogP contribution >= 0.6 is 27.5 Å². The van der Waals surface area contributed by atoms with Crippen LogP contribution in [0.25, 0.3) is 0 Å². The summed E-state index contributed by atoms with van der Waals surface area (Å²) in [5, 5.41) is 13.7. The third-order valence-electron chi connectivity index (χ3n) is 2.84. The molecule has 1 aromatic heterocycles. The summed E-state index contributed by atoms with van der Waals surface area (Å²) >= 11 is 9.34. The number of benzene rings is 1. The van der Waals surface area contributed by atoms with Gasteiger partial charge in [-0.3, -0.25) is 0 Å². The topological polar surface area (TPSA) is 54.4 Å². The molecule has 106 valence electrons. The molecular formula is C14H14BrClN2O2. The summed E-state index contributed by atoms with van der Waals surface area (Å²) in [7, 11) is 1.49. The summed E-state index contributed by atoms with van der Waals surface area (Å²) in [5.41, 5.74) is 2.56. The number of anilines is 1. The zero-order chi connectivity index (χ0) is 14.7. The lowest BCUT2D eigenvalue weighted by molar-refractivity contribution is 0.371. The number of aromatic hydroxyl groups is 1. The Labute approximate surface area is 130 Å². The molecule has 0 aliphatic carbocycles. The van der Waals surface area contributed by atoms with Crippen molar-refractivity contribution in [1.82, 2.24) is 4.98 Å². The number of hydrogen-bond acceptors (Lipinski definition) is 4. The predicted octanol–water partition coefficient (Wildman–Crippen LogP) is 4.13. The average Bonchev–Trinajstić information content (AvgIpc) is 2.43. The summed E-state index contributed by atoms with van der Waals surface area (Å²) in [4.78, 5) is 4.21. The second-order valence-corrected chi connectivity index (χ2v) is 5.49. The van der Waals surface area contributed by atoms with Gasteiger partial charge in [0.05, 0.1) is 19.0 Å². The fraction of sp³-hybridized carbons (Fsp3) is 0.214. The van der Waals surface area contributed by atoms with Crippen molar-refractivity contribution in [1.29, 1.82) is 0 Å². The van der Waals surface area contributed by atoms with Crippen LogP contribution in [0, 0.1) is 6.92 Å². The Morgan fingerprint density at radius 3 is 2.80 bits per heavy atom. The first-order valence-electron chi connectivity index (χ1n) is 5.92. The molecule has 0 unspecified atom stereocenters. The maximum Gasteiger partial charge on any atom is 0.162 e. The van der Waals surface area contributed by atoms with Crippen molar-refractivity contribution in [3.8, 4) is 11.5 Å². The maximum atomic E-state index is 10.0. The van der Waals surface area contributed by atoms with Crippen LogP contribution in [-0.2, 0) is 6.54 Å². The summed E-state index contributed by atoms with van der Waals surface area (Å²) < 4.78 is 5.89. The lowest BCUT2D eigenvalue weighted by Gasteiger charge is -2.12. The normalized spacial score (nSPS) is 10.4. The zero-order valence-corrected chi connectivity index (χ0v) is 13.4. The van der Waals surface area contributed by atoms with Crippen LogP contribution in [-0.4, -0.2) is 17.2 Å². The number of nitrogens with zero attached hydrogens (tertiary/aromatic N) is 1. The molecule has 0 aliphatic heterocycles.